The molecule has 0 atom stereocenters. The number of hydrogen-bond acceptors (Lipinski definition) is 3. The highest BCUT2D eigenvalue weighted by Gasteiger charge is 2.07. The van der Waals surface area contributed by atoms with Crippen molar-refractivity contribution in [3.05, 3.63) is 59.4 Å². The number of benzene rings is 1. The molecule has 0 bridgehead atoms. The Balaban J connectivity index is 1.89. The number of halogens is 1. The molecule has 2 aromatic heterocycles. The van der Waals surface area contributed by atoms with Crippen molar-refractivity contribution in [2.75, 3.05) is 0 Å². The molecule has 0 unspecified atom stereocenters. The lowest BCUT2D eigenvalue weighted by Crippen LogP contribution is -1.91. The van der Waals surface area contributed by atoms with E-state index in [1.807, 2.05) is 50.5 Å². The molecule has 1 aromatic carbocycles. The van der Waals surface area contributed by atoms with E-state index >= 15 is 0 Å². The van der Waals surface area contributed by atoms with Crippen LogP contribution in [0.25, 0.3) is 11.4 Å². The number of aromatic nitrogens is 3. The minimum Gasteiger partial charge on any atom is -0.456 e. The summed E-state index contributed by atoms with van der Waals surface area (Å²) in [5.74, 6) is 1.30. The van der Waals surface area contributed by atoms with Crippen LogP contribution in [0.3, 0.4) is 0 Å². The number of rotatable bonds is 3. The molecule has 0 N–H and O–H groups in total. The summed E-state index contributed by atoms with van der Waals surface area (Å²) in [7, 11) is 1.87. The third-order valence-electron chi connectivity index (χ3n) is 3.02. The number of pyridine rings is 1. The van der Waals surface area contributed by atoms with E-state index in [9.17, 15) is 0 Å². The van der Waals surface area contributed by atoms with Gasteiger partial charge in [0, 0.05) is 25.5 Å². The molecule has 21 heavy (non-hydrogen) atoms. The summed E-state index contributed by atoms with van der Waals surface area (Å²) in [5.41, 5.74) is 2.66. The fourth-order valence-electron chi connectivity index (χ4n) is 1.98. The monoisotopic (exact) mass is 299 g/mol. The first-order valence-electron chi connectivity index (χ1n) is 6.52. The minimum atomic E-state index is 0.589. The smallest absolute Gasteiger partial charge is 0.146 e. The van der Waals surface area contributed by atoms with E-state index in [4.69, 9.17) is 16.3 Å². The molecule has 0 radical (unpaired) electrons. The van der Waals surface area contributed by atoms with E-state index in [0.29, 0.717) is 16.5 Å². The van der Waals surface area contributed by atoms with Crippen LogP contribution in [0.2, 0.25) is 5.02 Å². The minimum absolute atomic E-state index is 0.589. The average Bonchev–Trinajstić information content (AvgIpc) is 2.89. The van der Waals surface area contributed by atoms with Crippen molar-refractivity contribution in [1.82, 2.24) is 14.8 Å². The van der Waals surface area contributed by atoms with Crippen molar-refractivity contribution in [2.45, 2.75) is 6.92 Å². The van der Waals surface area contributed by atoms with Crippen LogP contribution >= 0.6 is 11.6 Å². The first-order valence-corrected chi connectivity index (χ1v) is 6.90. The zero-order valence-corrected chi connectivity index (χ0v) is 12.5. The van der Waals surface area contributed by atoms with Gasteiger partial charge in [-0.25, -0.2) is 0 Å². The van der Waals surface area contributed by atoms with Gasteiger partial charge < -0.3 is 4.74 Å². The highest BCUT2D eigenvalue weighted by molar-refractivity contribution is 6.32. The van der Waals surface area contributed by atoms with Crippen molar-refractivity contribution < 1.29 is 4.74 Å². The van der Waals surface area contributed by atoms with Crippen LogP contribution in [-0.2, 0) is 7.05 Å². The first kappa shape index (κ1) is 13.6. The van der Waals surface area contributed by atoms with Crippen molar-refractivity contribution in [2.24, 2.45) is 7.05 Å². The Morgan fingerprint density at radius 3 is 2.67 bits per heavy atom. The molecule has 106 valence electrons. The molecule has 5 heteroatoms. The lowest BCUT2D eigenvalue weighted by Gasteiger charge is -2.08. The maximum atomic E-state index is 6.18. The van der Waals surface area contributed by atoms with E-state index in [0.717, 1.165) is 17.0 Å². The van der Waals surface area contributed by atoms with E-state index in [1.54, 1.807) is 16.9 Å². The molecule has 0 aliphatic carbocycles. The molecule has 0 saturated heterocycles. The van der Waals surface area contributed by atoms with E-state index in [-0.39, 0.29) is 0 Å². The average molecular weight is 300 g/mol. The Bertz CT molecular complexity index is 783. The number of hydrogen-bond donors (Lipinski definition) is 0. The predicted octanol–water partition coefficient (Wildman–Crippen LogP) is 4.24. The van der Waals surface area contributed by atoms with Gasteiger partial charge in [0.25, 0.3) is 0 Å². The van der Waals surface area contributed by atoms with Gasteiger partial charge in [-0.3, -0.25) is 9.67 Å². The number of nitrogens with zero attached hydrogens (tertiary/aromatic N) is 3. The first-order chi connectivity index (χ1) is 10.1. The van der Waals surface area contributed by atoms with Crippen LogP contribution in [0, 0.1) is 6.92 Å². The molecule has 0 fully saturated rings. The maximum Gasteiger partial charge on any atom is 0.146 e. The van der Waals surface area contributed by atoms with Gasteiger partial charge in [0.15, 0.2) is 0 Å². The zero-order valence-electron chi connectivity index (χ0n) is 11.7. The van der Waals surface area contributed by atoms with Crippen LogP contribution < -0.4 is 4.74 Å². The maximum absolute atomic E-state index is 6.18. The van der Waals surface area contributed by atoms with Gasteiger partial charge in [0.05, 0.1) is 10.7 Å². The second kappa shape index (κ2) is 5.58. The molecule has 0 spiro atoms. The Morgan fingerprint density at radius 1 is 1.10 bits per heavy atom. The fourth-order valence-corrected chi connectivity index (χ4v) is 2.26. The SMILES string of the molecule is Cc1ccc(Oc2ccnc(-c3ccn(C)n3)c2)c(Cl)c1. The van der Waals surface area contributed by atoms with E-state index < -0.39 is 0 Å². The third kappa shape index (κ3) is 3.06. The molecule has 3 rings (SSSR count). The van der Waals surface area contributed by atoms with Gasteiger partial charge >= 0.3 is 0 Å². The van der Waals surface area contributed by atoms with Crippen LogP contribution in [0.5, 0.6) is 11.5 Å². The van der Waals surface area contributed by atoms with E-state index in [1.165, 1.54) is 0 Å². The fraction of sp³-hybridized carbons (Fsp3) is 0.125. The Kier molecular flexibility index (Phi) is 3.62. The summed E-state index contributed by atoms with van der Waals surface area (Å²) in [6.07, 6.45) is 3.57. The van der Waals surface area contributed by atoms with Crippen molar-refractivity contribution >= 4 is 11.6 Å². The Labute approximate surface area is 128 Å². The summed E-state index contributed by atoms with van der Waals surface area (Å²) in [5, 5.41) is 4.92. The topological polar surface area (TPSA) is 39.9 Å². The highest BCUT2D eigenvalue weighted by Crippen LogP contribution is 2.31. The summed E-state index contributed by atoms with van der Waals surface area (Å²) in [6, 6.07) is 11.2. The normalized spacial score (nSPS) is 10.6. The highest BCUT2D eigenvalue weighted by atomic mass is 35.5. The molecular formula is C16H14ClN3O. The second-order valence-electron chi connectivity index (χ2n) is 4.79. The third-order valence-corrected chi connectivity index (χ3v) is 3.32. The summed E-state index contributed by atoms with van der Waals surface area (Å²) in [6.45, 7) is 1.99. The molecule has 0 aliphatic heterocycles. The summed E-state index contributed by atoms with van der Waals surface area (Å²) < 4.78 is 7.56. The Hall–Kier alpha value is -2.33. The van der Waals surface area contributed by atoms with Gasteiger partial charge in [0.1, 0.15) is 17.2 Å². The van der Waals surface area contributed by atoms with Gasteiger partial charge in [-0.05, 0) is 36.8 Å². The largest absolute Gasteiger partial charge is 0.456 e. The van der Waals surface area contributed by atoms with Crippen molar-refractivity contribution in [3.8, 4) is 22.9 Å². The quantitative estimate of drug-likeness (QED) is 0.726. The molecule has 2 heterocycles. The van der Waals surface area contributed by atoms with Gasteiger partial charge in [-0.2, -0.15) is 5.10 Å². The van der Waals surface area contributed by atoms with Crippen molar-refractivity contribution in [1.29, 1.82) is 0 Å². The molecular weight excluding hydrogens is 286 g/mol. The molecule has 3 aromatic rings. The molecule has 0 amide bonds. The van der Waals surface area contributed by atoms with Crippen LogP contribution in [0.1, 0.15) is 5.56 Å². The van der Waals surface area contributed by atoms with Crippen LogP contribution in [-0.4, -0.2) is 14.8 Å². The number of ether oxygens (including phenoxy) is 1. The zero-order chi connectivity index (χ0) is 14.8. The van der Waals surface area contributed by atoms with E-state index in [2.05, 4.69) is 10.1 Å². The predicted molar refractivity (Wildman–Crippen MR) is 82.7 cm³/mol. The molecule has 0 aliphatic rings. The van der Waals surface area contributed by atoms with Crippen LogP contribution in [0.4, 0.5) is 0 Å². The molecule has 0 saturated carbocycles. The van der Waals surface area contributed by atoms with Crippen LogP contribution in [0.15, 0.2) is 48.8 Å². The summed E-state index contributed by atoms with van der Waals surface area (Å²) in [4.78, 5) is 4.31. The van der Waals surface area contributed by atoms with Gasteiger partial charge in [-0.1, -0.05) is 17.7 Å². The standard InChI is InChI=1S/C16H14ClN3O/c1-11-3-4-16(13(17)9-11)21-12-5-7-18-15(10-12)14-6-8-20(2)19-14/h3-10H,1-2H3. The Morgan fingerprint density at radius 2 is 1.95 bits per heavy atom. The van der Waals surface area contributed by atoms with Gasteiger partial charge in [-0.15, -0.1) is 0 Å². The molecule has 4 nitrogen and oxygen atoms in total. The van der Waals surface area contributed by atoms with Gasteiger partial charge in [0.2, 0.25) is 0 Å². The van der Waals surface area contributed by atoms with Crippen molar-refractivity contribution in [3.63, 3.8) is 0 Å². The lowest BCUT2D eigenvalue weighted by molar-refractivity contribution is 0.482. The second-order valence-corrected chi connectivity index (χ2v) is 5.19. The lowest BCUT2D eigenvalue weighted by atomic mass is 10.2. The number of aryl methyl sites for hydroxylation is 2. The summed E-state index contributed by atoms with van der Waals surface area (Å²) >= 11 is 6.18.